The van der Waals surface area contributed by atoms with Crippen molar-refractivity contribution < 1.29 is 14.6 Å². The smallest absolute Gasteiger partial charge is 0.354 e. The highest BCUT2D eigenvalue weighted by molar-refractivity contribution is 6.34. The SMILES string of the molecule is O=C(O)c1ccc(Oc2cc(Cl)cc(Cl)c2)cn1. The van der Waals surface area contributed by atoms with Crippen LogP contribution in [0.15, 0.2) is 36.5 Å². The number of benzene rings is 1. The van der Waals surface area contributed by atoms with E-state index in [1.165, 1.54) is 18.3 Å². The molecule has 0 saturated heterocycles. The summed E-state index contributed by atoms with van der Waals surface area (Å²) in [5.74, 6) is -0.233. The number of hydrogen-bond acceptors (Lipinski definition) is 3. The van der Waals surface area contributed by atoms with Gasteiger partial charge in [-0.05, 0) is 30.3 Å². The Balaban J connectivity index is 2.20. The van der Waals surface area contributed by atoms with Crippen molar-refractivity contribution in [3.8, 4) is 11.5 Å². The molecule has 2 aromatic rings. The van der Waals surface area contributed by atoms with Gasteiger partial charge in [0.15, 0.2) is 0 Å². The van der Waals surface area contributed by atoms with E-state index in [-0.39, 0.29) is 5.69 Å². The first kappa shape index (κ1) is 12.7. The summed E-state index contributed by atoms with van der Waals surface area (Å²) in [6.45, 7) is 0. The molecular weight excluding hydrogens is 277 g/mol. The van der Waals surface area contributed by atoms with Gasteiger partial charge in [0.05, 0.1) is 6.20 Å². The molecule has 0 bridgehead atoms. The normalized spacial score (nSPS) is 10.1. The fraction of sp³-hybridized carbons (Fsp3) is 0. The Labute approximate surface area is 113 Å². The molecule has 0 aliphatic carbocycles. The van der Waals surface area contributed by atoms with E-state index >= 15 is 0 Å². The van der Waals surface area contributed by atoms with E-state index in [1.807, 2.05) is 0 Å². The van der Waals surface area contributed by atoms with Crippen molar-refractivity contribution in [2.45, 2.75) is 0 Å². The molecule has 0 unspecified atom stereocenters. The molecule has 0 fully saturated rings. The number of carbonyl (C=O) groups is 1. The third-order valence-electron chi connectivity index (χ3n) is 2.03. The molecule has 0 spiro atoms. The van der Waals surface area contributed by atoms with Crippen LogP contribution in [0.2, 0.25) is 10.0 Å². The van der Waals surface area contributed by atoms with E-state index < -0.39 is 5.97 Å². The van der Waals surface area contributed by atoms with E-state index in [1.54, 1.807) is 18.2 Å². The predicted octanol–water partition coefficient (Wildman–Crippen LogP) is 3.88. The fourth-order valence-electron chi connectivity index (χ4n) is 1.29. The minimum Gasteiger partial charge on any atom is -0.477 e. The lowest BCUT2D eigenvalue weighted by molar-refractivity contribution is 0.0690. The molecule has 1 aromatic heterocycles. The largest absolute Gasteiger partial charge is 0.477 e. The van der Waals surface area contributed by atoms with Gasteiger partial charge in [-0.3, -0.25) is 0 Å². The van der Waals surface area contributed by atoms with Crippen LogP contribution in [0.4, 0.5) is 0 Å². The van der Waals surface area contributed by atoms with E-state index in [9.17, 15) is 4.79 Å². The molecule has 0 amide bonds. The highest BCUT2D eigenvalue weighted by Crippen LogP contribution is 2.27. The molecule has 1 N–H and O–H groups in total. The predicted molar refractivity (Wildman–Crippen MR) is 67.7 cm³/mol. The van der Waals surface area contributed by atoms with Gasteiger partial charge in [-0.2, -0.15) is 0 Å². The molecule has 1 aromatic carbocycles. The molecule has 92 valence electrons. The average molecular weight is 284 g/mol. The Bertz CT molecular complexity index is 564. The molecule has 6 heteroatoms. The minimum absolute atomic E-state index is 0.0496. The Kier molecular flexibility index (Phi) is 3.69. The van der Waals surface area contributed by atoms with Crippen molar-refractivity contribution >= 4 is 29.2 Å². The second-order valence-electron chi connectivity index (χ2n) is 3.39. The summed E-state index contributed by atoms with van der Waals surface area (Å²) in [6, 6.07) is 7.63. The van der Waals surface area contributed by atoms with Crippen LogP contribution in [0, 0.1) is 0 Å². The van der Waals surface area contributed by atoms with Crippen LogP contribution >= 0.6 is 23.2 Å². The number of hydrogen-bond donors (Lipinski definition) is 1. The highest BCUT2D eigenvalue weighted by atomic mass is 35.5. The number of aromatic nitrogens is 1. The monoisotopic (exact) mass is 283 g/mol. The number of rotatable bonds is 3. The van der Waals surface area contributed by atoms with E-state index in [0.717, 1.165) is 0 Å². The lowest BCUT2D eigenvalue weighted by Crippen LogP contribution is -1.99. The summed E-state index contributed by atoms with van der Waals surface area (Å²) in [4.78, 5) is 14.4. The molecule has 0 saturated carbocycles. The Morgan fingerprint density at radius 2 is 1.78 bits per heavy atom. The van der Waals surface area contributed by atoms with Gasteiger partial charge in [0.2, 0.25) is 0 Å². The maximum Gasteiger partial charge on any atom is 0.354 e. The van der Waals surface area contributed by atoms with Gasteiger partial charge in [0.25, 0.3) is 0 Å². The number of carboxylic acid groups (broad SMARTS) is 1. The van der Waals surface area contributed by atoms with E-state index in [2.05, 4.69) is 4.98 Å². The Morgan fingerprint density at radius 1 is 1.11 bits per heavy atom. The summed E-state index contributed by atoms with van der Waals surface area (Å²) >= 11 is 11.7. The first-order valence-electron chi connectivity index (χ1n) is 4.88. The maximum atomic E-state index is 10.6. The summed E-state index contributed by atoms with van der Waals surface area (Å²) in [7, 11) is 0. The van der Waals surface area contributed by atoms with Crippen molar-refractivity contribution in [3.05, 3.63) is 52.3 Å². The van der Waals surface area contributed by atoms with Crippen LogP contribution in [0.1, 0.15) is 10.5 Å². The van der Waals surface area contributed by atoms with Gasteiger partial charge in [-0.15, -0.1) is 0 Å². The van der Waals surface area contributed by atoms with Crippen LogP contribution in [0.3, 0.4) is 0 Å². The van der Waals surface area contributed by atoms with Gasteiger partial charge >= 0.3 is 5.97 Å². The van der Waals surface area contributed by atoms with Gasteiger partial charge in [0, 0.05) is 10.0 Å². The van der Waals surface area contributed by atoms with E-state index in [4.69, 9.17) is 33.0 Å². The molecule has 4 nitrogen and oxygen atoms in total. The van der Waals surface area contributed by atoms with Crippen LogP contribution in [0.25, 0.3) is 0 Å². The van der Waals surface area contributed by atoms with Gasteiger partial charge in [0.1, 0.15) is 17.2 Å². The van der Waals surface area contributed by atoms with Gasteiger partial charge < -0.3 is 9.84 Å². The minimum atomic E-state index is -1.09. The van der Waals surface area contributed by atoms with Crippen molar-refractivity contribution in [1.29, 1.82) is 0 Å². The number of ether oxygens (including phenoxy) is 1. The second-order valence-corrected chi connectivity index (χ2v) is 4.26. The summed E-state index contributed by atoms with van der Waals surface area (Å²) in [5.41, 5.74) is -0.0496. The third kappa shape index (κ3) is 3.12. The molecular formula is C12H7Cl2NO3. The molecule has 2 rings (SSSR count). The fourth-order valence-corrected chi connectivity index (χ4v) is 1.80. The van der Waals surface area contributed by atoms with Crippen LogP contribution < -0.4 is 4.74 Å². The topological polar surface area (TPSA) is 59.4 Å². The molecule has 0 radical (unpaired) electrons. The number of halogens is 2. The van der Waals surface area contributed by atoms with Crippen LogP contribution in [-0.2, 0) is 0 Å². The molecule has 0 aliphatic heterocycles. The second kappa shape index (κ2) is 5.25. The highest BCUT2D eigenvalue weighted by Gasteiger charge is 2.05. The lowest BCUT2D eigenvalue weighted by atomic mass is 10.3. The van der Waals surface area contributed by atoms with Gasteiger partial charge in [-0.25, -0.2) is 9.78 Å². The zero-order valence-electron chi connectivity index (χ0n) is 8.93. The standard InChI is InChI=1S/C12H7Cl2NO3/c13-7-3-8(14)5-10(4-7)18-9-1-2-11(12(16)17)15-6-9/h1-6H,(H,16,17). The van der Waals surface area contributed by atoms with Crippen LogP contribution in [0.5, 0.6) is 11.5 Å². The number of carboxylic acids is 1. The quantitative estimate of drug-likeness (QED) is 0.929. The average Bonchev–Trinajstić information content (AvgIpc) is 2.28. The molecule has 0 aliphatic rings. The van der Waals surface area contributed by atoms with Crippen LogP contribution in [-0.4, -0.2) is 16.1 Å². The van der Waals surface area contributed by atoms with Crippen molar-refractivity contribution in [2.75, 3.05) is 0 Å². The Hall–Kier alpha value is -1.78. The number of nitrogens with zero attached hydrogens (tertiary/aromatic N) is 1. The molecule has 0 atom stereocenters. The molecule has 1 heterocycles. The first-order chi connectivity index (χ1) is 8.54. The first-order valence-corrected chi connectivity index (χ1v) is 5.63. The summed E-state index contributed by atoms with van der Waals surface area (Å²) in [6.07, 6.45) is 1.32. The number of aromatic carboxylic acids is 1. The zero-order chi connectivity index (χ0) is 13.1. The maximum absolute atomic E-state index is 10.6. The zero-order valence-corrected chi connectivity index (χ0v) is 10.4. The van der Waals surface area contributed by atoms with E-state index in [0.29, 0.717) is 21.5 Å². The van der Waals surface area contributed by atoms with Crippen molar-refractivity contribution in [1.82, 2.24) is 4.98 Å². The number of pyridine rings is 1. The van der Waals surface area contributed by atoms with Gasteiger partial charge in [-0.1, -0.05) is 23.2 Å². The Morgan fingerprint density at radius 3 is 2.28 bits per heavy atom. The lowest BCUT2D eigenvalue weighted by Gasteiger charge is -2.06. The van der Waals surface area contributed by atoms with Crippen molar-refractivity contribution in [3.63, 3.8) is 0 Å². The summed E-state index contributed by atoms with van der Waals surface area (Å²) < 4.78 is 5.45. The molecule has 18 heavy (non-hydrogen) atoms. The third-order valence-corrected chi connectivity index (χ3v) is 2.46. The summed E-state index contributed by atoms with van der Waals surface area (Å²) in [5, 5.41) is 9.60. The van der Waals surface area contributed by atoms with Crippen molar-refractivity contribution in [2.24, 2.45) is 0 Å².